The number of aromatic nitrogens is 3. The van der Waals surface area contributed by atoms with Gasteiger partial charge in [0.2, 0.25) is 0 Å². The molecule has 0 aliphatic rings. The van der Waals surface area contributed by atoms with Crippen LogP contribution >= 0.6 is 12.4 Å². The first-order valence-corrected chi connectivity index (χ1v) is 10.7. The van der Waals surface area contributed by atoms with Crippen molar-refractivity contribution in [1.29, 1.82) is 0 Å². The first-order valence-electron chi connectivity index (χ1n) is 10.7. The molecular weight excluding hydrogens is 488 g/mol. The molecule has 7 nitrogen and oxygen atoms in total. The molecule has 0 bridgehead atoms. The van der Waals surface area contributed by atoms with Crippen molar-refractivity contribution in [3.8, 4) is 11.5 Å². The molecule has 0 spiro atoms. The Morgan fingerprint density at radius 3 is 2.58 bits per heavy atom. The maximum Gasteiger partial charge on any atom is 0.255 e. The smallest absolute Gasteiger partial charge is 0.255 e. The van der Waals surface area contributed by atoms with E-state index in [1.165, 1.54) is 30.5 Å². The maximum atomic E-state index is 14.8. The van der Waals surface area contributed by atoms with E-state index in [9.17, 15) is 13.6 Å². The van der Waals surface area contributed by atoms with Gasteiger partial charge in [0.15, 0.2) is 11.6 Å². The van der Waals surface area contributed by atoms with Crippen LogP contribution in [0.25, 0.3) is 11.0 Å². The van der Waals surface area contributed by atoms with Crippen molar-refractivity contribution in [3.63, 3.8) is 0 Å². The highest BCUT2D eigenvalue weighted by atomic mass is 35.5. The van der Waals surface area contributed by atoms with Gasteiger partial charge in [0.1, 0.15) is 23.0 Å². The highest BCUT2D eigenvalue weighted by molar-refractivity contribution is 5.99. The van der Waals surface area contributed by atoms with Gasteiger partial charge in [0.05, 0.1) is 10.9 Å². The van der Waals surface area contributed by atoms with E-state index in [2.05, 4.69) is 25.6 Å². The summed E-state index contributed by atoms with van der Waals surface area (Å²) in [6.45, 7) is 0.220. The molecule has 0 unspecified atom stereocenters. The maximum absolute atomic E-state index is 14.8. The van der Waals surface area contributed by atoms with Gasteiger partial charge < -0.3 is 20.4 Å². The molecular formula is C26H20ClF2N5O2. The molecule has 5 aromatic rings. The number of fused-ring (bicyclic) bond motifs is 1. The van der Waals surface area contributed by atoms with Gasteiger partial charge >= 0.3 is 0 Å². The summed E-state index contributed by atoms with van der Waals surface area (Å²) in [7, 11) is 0. The number of nitrogens with zero attached hydrogens (tertiary/aromatic N) is 2. The molecule has 36 heavy (non-hydrogen) atoms. The fourth-order valence-corrected chi connectivity index (χ4v) is 3.51. The summed E-state index contributed by atoms with van der Waals surface area (Å²) in [4.78, 5) is 24.1. The van der Waals surface area contributed by atoms with E-state index < -0.39 is 5.82 Å². The Morgan fingerprint density at radius 1 is 0.944 bits per heavy atom. The molecule has 0 aliphatic carbocycles. The van der Waals surface area contributed by atoms with Crippen LogP contribution in [0.2, 0.25) is 0 Å². The quantitative estimate of drug-likeness (QED) is 0.247. The summed E-state index contributed by atoms with van der Waals surface area (Å²) >= 11 is 0. The van der Waals surface area contributed by atoms with Crippen molar-refractivity contribution in [2.45, 2.75) is 6.54 Å². The van der Waals surface area contributed by atoms with Gasteiger partial charge in [-0.05, 0) is 54.1 Å². The standard InChI is InChI=1S/C26H19F2N5O2.ClH/c27-17-5-3-16(4-6-17)15-32-26(34)20-2-1-11-29-25(20)33-18-7-8-23(21(28)14-18)35-22-10-13-31-24-19(22)9-12-30-24;/h1-14H,15H2,(H,29,33)(H,30,31)(H,32,34);1H. The van der Waals surface area contributed by atoms with E-state index in [1.807, 2.05) is 0 Å². The van der Waals surface area contributed by atoms with Crippen LogP contribution < -0.4 is 15.4 Å². The Kier molecular flexibility index (Phi) is 7.41. The molecule has 3 aromatic heterocycles. The summed E-state index contributed by atoms with van der Waals surface area (Å²) in [5, 5.41) is 6.50. The summed E-state index contributed by atoms with van der Waals surface area (Å²) in [5.41, 5.74) is 2.06. The van der Waals surface area contributed by atoms with Gasteiger partial charge in [-0.25, -0.2) is 18.7 Å². The minimum atomic E-state index is -0.589. The van der Waals surface area contributed by atoms with E-state index in [1.54, 1.807) is 54.9 Å². The van der Waals surface area contributed by atoms with Crippen LogP contribution in [0.15, 0.2) is 85.3 Å². The van der Waals surface area contributed by atoms with E-state index in [-0.39, 0.29) is 47.8 Å². The molecule has 2 aromatic carbocycles. The van der Waals surface area contributed by atoms with Crippen LogP contribution in [0, 0.1) is 11.6 Å². The molecule has 0 atom stereocenters. The van der Waals surface area contributed by atoms with Crippen molar-refractivity contribution >= 4 is 40.9 Å². The fourth-order valence-electron chi connectivity index (χ4n) is 3.51. The number of ether oxygens (including phenoxy) is 1. The number of pyridine rings is 2. The largest absolute Gasteiger partial charge is 0.453 e. The number of carbonyl (C=O) groups is 1. The van der Waals surface area contributed by atoms with Crippen LogP contribution in [-0.4, -0.2) is 20.9 Å². The molecule has 5 rings (SSSR count). The zero-order valence-electron chi connectivity index (χ0n) is 18.7. The first-order chi connectivity index (χ1) is 17.1. The third-order valence-corrected chi connectivity index (χ3v) is 5.25. The van der Waals surface area contributed by atoms with Crippen molar-refractivity contribution in [1.82, 2.24) is 20.3 Å². The van der Waals surface area contributed by atoms with Gasteiger partial charge in [0.25, 0.3) is 5.91 Å². The number of anilines is 2. The Balaban J connectivity index is 0.00000304. The number of hydrogen-bond acceptors (Lipinski definition) is 5. The lowest BCUT2D eigenvalue weighted by Crippen LogP contribution is -2.24. The summed E-state index contributed by atoms with van der Waals surface area (Å²) in [6, 6.07) is 16.9. The molecule has 3 heterocycles. The molecule has 0 saturated carbocycles. The van der Waals surface area contributed by atoms with Gasteiger partial charge in [0, 0.05) is 36.9 Å². The third kappa shape index (κ3) is 5.42. The lowest BCUT2D eigenvalue weighted by atomic mass is 10.2. The van der Waals surface area contributed by atoms with Crippen LogP contribution in [-0.2, 0) is 6.54 Å². The Morgan fingerprint density at radius 2 is 1.78 bits per heavy atom. The van der Waals surface area contributed by atoms with E-state index in [0.29, 0.717) is 17.1 Å². The number of rotatable bonds is 7. The SMILES string of the molecule is Cl.O=C(NCc1ccc(F)cc1)c1cccnc1Nc1ccc(Oc2ccnc3[nH]ccc23)c(F)c1. The third-order valence-electron chi connectivity index (χ3n) is 5.25. The van der Waals surface area contributed by atoms with E-state index in [0.717, 1.165) is 10.9 Å². The molecule has 1 amide bonds. The highest BCUT2D eigenvalue weighted by Gasteiger charge is 2.14. The highest BCUT2D eigenvalue weighted by Crippen LogP contribution is 2.31. The lowest BCUT2D eigenvalue weighted by Gasteiger charge is -2.13. The van der Waals surface area contributed by atoms with Gasteiger partial charge in [-0.3, -0.25) is 4.79 Å². The van der Waals surface area contributed by atoms with Gasteiger partial charge in [-0.1, -0.05) is 12.1 Å². The van der Waals surface area contributed by atoms with Gasteiger partial charge in [-0.15, -0.1) is 12.4 Å². The average Bonchev–Trinajstić information content (AvgIpc) is 3.35. The second-order valence-electron chi connectivity index (χ2n) is 7.63. The number of nitrogens with one attached hydrogen (secondary N) is 3. The van der Waals surface area contributed by atoms with E-state index >= 15 is 0 Å². The molecule has 3 N–H and O–H groups in total. The number of H-pyrrole nitrogens is 1. The Bertz CT molecular complexity index is 1510. The molecule has 0 radical (unpaired) electrons. The van der Waals surface area contributed by atoms with Gasteiger partial charge in [-0.2, -0.15) is 0 Å². The zero-order chi connectivity index (χ0) is 24.2. The number of hydrogen-bond donors (Lipinski definition) is 3. The number of aromatic amines is 1. The molecule has 0 saturated heterocycles. The second-order valence-corrected chi connectivity index (χ2v) is 7.63. The lowest BCUT2D eigenvalue weighted by molar-refractivity contribution is 0.0951. The summed E-state index contributed by atoms with van der Waals surface area (Å²) in [6.07, 6.45) is 4.83. The number of benzene rings is 2. The predicted octanol–water partition coefficient (Wildman–Crippen LogP) is 6.12. The van der Waals surface area contributed by atoms with E-state index in [4.69, 9.17) is 4.74 Å². The monoisotopic (exact) mass is 507 g/mol. The minimum absolute atomic E-state index is 0. The average molecular weight is 508 g/mol. The molecule has 10 heteroatoms. The predicted molar refractivity (Wildman–Crippen MR) is 135 cm³/mol. The fraction of sp³-hybridized carbons (Fsp3) is 0.0385. The van der Waals surface area contributed by atoms with Crippen LogP contribution in [0.4, 0.5) is 20.3 Å². The molecule has 0 fully saturated rings. The normalized spacial score (nSPS) is 10.5. The van der Waals surface area contributed by atoms with Crippen molar-refractivity contribution < 1.29 is 18.3 Å². The Hall–Kier alpha value is -4.50. The number of carbonyl (C=O) groups excluding carboxylic acids is 1. The van der Waals surface area contributed by atoms with Crippen molar-refractivity contribution in [3.05, 3.63) is 108 Å². The summed E-state index contributed by atoms with van der Waals surface area (Å²) < 4.78 is 33.7. The number of halogens is 3. The van der Waals surface area contributed by atoms with Crippen molar-refractivity contribution in [2.75, 3.05) is 5.32 Å². The van der Waals surface area contributed by atoms with Crippen molar-refractivity contribution in [2.24, 2.45) is 0 Å². The summed E-state index contributed by atoms with van der Waals surface area (Å²) in [5.74, 6) is -0.531. The zero-order valence-corrected chi connectivity index (χ0v) is 19.5. The minimum Gasteiger partial charge on any atom is -0.453 e. The topological polar surface area (TPSA) is 91.9 Å². The van der Waals surface area contributed by atoms with Crippen LogP contribution in [0.1, 0.15) is 15.9 Å². The Labute approximate surface area is 211 Å². The van der Waals surface area contributed by atoms with Crippen LogP contribution in [0.3, 0.4) is 0 Å². The number of amides is 1. The second kappa shape index (κ2) is 10.8. The first kappa shape index (κ1) is 24.6. The molecule has 182 valence electrons. The molecule has 0 aliphatic heterocycles. The van der Waals surface area contributed by atoms with Crippen LogP contribution in [0.5, 0.6) is 11.5 Å².